The number of hydrogen-bond acceptors (Lipinski definition) is 5. The van der Waals surface area contributed by atoms with Crippen LogP contribution < -0.4 is 5.56 Å². The molecule has 3 rings (SSSR count). The summed E-state index contributed by atoms with van der Waals surface area (Å²) in [4.78, 5) is 20.8. The zero-order valence-corrected chi connectivity index (χ0v) is 14.1. The van der Waals surface area contributed by atoms with E-state index in [1.807, 2.05) is 45.0 Å². The fourth-order valence-electron chi connectivity index (χ4n) is 2.42. The Hall–Kier alpha value is -2.76. The first-order valence-electron chi connectivity index (χ1n) is 7.95. The molecule has 0 N–H and O–H groups in total. The molecule has 3 aromatic rings. The zero-order chi connectivity index (χ0) is 17.1. The molecule has 0 bridgehead atoms. The molecular formula is C18H20N4O2. The van der Waals surface area contributed by atoms with Crippen molar-refractivity contribution in [2.24, 2.45) is 0 Å². The van der Waals surface area contributed by atoms with E-state index in [4.69, 9.17) is 4.52 Å². The lowest BCUT2D eigenvalue weighted by Gasteiger charge is -2.06. The van der Waals surface area contributed by atoms with E-state index in [0.29, 0.717) is 18.1 Å². The van der Waals surface area contributed by atoms with Crippen molar-refractivity contribution >= 4 is 0 Å². The Morgan fingerprint density at radius 1 is 1.25 bits per heavy atom. The summed E-state index contributed by atoms with van der Waals surface area (Å²) in [7, 11) is 0. The van der Waals surface area contributed by atoms with Crippen LogP contribution in [0.5, 0.6) is 0 Å². The van der Waals surface area contributed by atoms with Crippen molar-refractivity contribution in [3.63, 3.8) is 0 Å². The molecule has 0 fully saturated rings. The van der Waals surface area contributed by atoms with Gasteiger partial charge < -0.3 is 4.52 Å². The fourth-order valence-corrected chi connectivity index (χ4v) is 2.42. The SMILES string of the molecule is Cc1ccccc1Cc1nc(Cn2cnc(C(C)C)cc2=O)no1. The second-order valence-electron chi connectivity index (χ2n) is 6.14. The maximum absolute atomic E-state index is 12.1. The Bertz CT molecular complexity index is 896. The third kappa shape index (κ3) is 3.59. The van der Waals surface area contributed by atoms with Crippen molar-refractivity contribution in [3.8, 4) is 0 Å². The molecule has 0 aliphatic carbocycles. The van der Waals surface area contributed by atoms with Crippen molar-refractivity contribution in [1.29, 1.82) is 0 Å². The second-order valence-corrected chi connectivity index (χ2v) is 6.14. The summed E-state index contributed by atoms with van der Waals surface area (Å²) in [5, 5.41) is 3.96. The van der Waals surface area contributed by atoms with Crippen LogP contribution in [0.2, 0.25) is 0 Å². The van der Waals surface area contributed by atoms with Crippen LogP contribution in [0.3, 0.4) is 0 Å². The Labute approximate surface area is 140 Å². The molecule has 2 aromatic heterocycles. The lowest BCUT2D eigenvalue weighted by molar-refractivity contribution is 0.378. The number of benzene rings is 1. The van der Waals surface area contributed by atoms with Gasteiger partial charge >= 0.3 is 0 Å². The minimum Gasteiger partial charge on any atom is -0.339 e. The lowest BCUT2D eigenvalue weighted by atomic mass is 10.1. The summed E-state index contributed by atoms with van der Waals surface area (Å²) in [5.74, 6) is 1.23. The topological polar surface area (TPSA) is 73.8 Å². The number of aryl methyl sites for hydroxylation is 1. The Morgan fingerprint density at radius 3 is 2.75 bits per heavy atom. The normalized spacial score (nSPS) is 11.2. The van der Waals surface area contributed by atoms with Crippen molar-refractivity contribution in [3.05, 3.63) is 75.5 Å². The van der Waals surface area contributed by atoms with Crippen LogP contribution in [0.15, 0.2) is 46.0 Å². The van der Waals surface area contributed by atoms with Gasteiger partial charge in [-0.05, 0) is 24.0 Å². The van der Waals surface area contributed by atoms with Gasteiger partial charge in [-0.1, -0.05) is 43.3 Å². The molecule has 0 unspecified atom stereocenters. The molecule has 6 nitrogen and oxygen atoms in total. The summed E-state index contributed by atoms with van der Waals surface area (Å²) < 4.78 is 6.78. The van der Waals surface area contributed by atoms with Crippen LogP contribution in [0.4, 0.5) is 0 Å². The third-order valence-corrected chi connectivity index (χ3v) is 3.92. The summed E-state index contributed by atoms with van der Waals surface area (Å²) in [5.41, 5.74) is 3.00. The van der Waals surface area contributed by atoms with Crippen LogP contribution in [0.25, 0.3) is 0 Å². The van der Waals surface area contributed by atoms with Gasteiger partial charge in [-0.25, -0.2) is 4.98 Å². The van der Waals surface area contributed by atoms with Gasteiger partial charge in [-0.3, -0.25) is 9.36 Å². The highest BCUT2D eigenvalue weighted by Crippen LogP contribution is 2.12. The fraction of sp³-hybridized carbons (Fsp3) is 0.333. The van der Waals surface area contributed by atoms with E-state index >= 15 is 0 Å². The highest BCUT2D eigenvalue weighted by Gasteiger charge is 2.11. The Morgan fingerprint density at radius 2 is 2.04 bits per heavy atom. The van der Waals surface area contributed by atoms with Gasteiger partial charge in [-0.2, -0.15) is 4.98 Å². The predicted molar refractivity (Wildman–Crippen MR) is 90.0 cm³/mol. The molecule has 24 heavy (non-hydrogen) atoms. The van der Waals surface area contributed by atoms with Crippen molar-refractivity contribution in [2.45, 2.75) is 39.7 Å². The van der Waals surface area contributed by atoms with Gasteiger partial charge in [0.05, 0.1) is 25.0 Å². The molecule has 6 heteroatoms. The largest absolute Gasteiger partial charge is 0.339 e. The predicted octanol–water partition coefficient (Wildman–Crippen LogP) is 2.70. The van der Waals surface area contributed by atoms with Crippen LogP contribution in [-0.2, 0) is 13.0 Å². The molecule has 0 radical (unpaired) electrons. The average molecular weight is 324 g/mol. The number of nitrogens with zero attached hydrogens (tertiary/aromatic N) is 4. The van der Waals surface area contributed by atoms with E-state index < -0.39 is 0 Å². The van der Waals surface area contributed by atoms with E-state index in [9.17, 15) is 4.79 Å². The standard InChI is InChI=1S/C18H20N4O2/c1-12(2)15-9-18(23)22(11-19-15)10-16-20-17(24-21-16)8-14-7-5-4-6-13(14)3/h4-7,9,11-12H,8,10H2,1-3H3. The molecule has 0 atom stereocenters. The number of hydrogen-bond donors (Lipinski definition) is 0. The first-order valence-corrected chi connectivity index (χ1v) is 7.95. The molecule has 0 saturated heterocycles. The highest BCUT2D eigenvalue weighted by atomic mass is 16.5. The average Bonchev–Trinajstić information content (AvgIpc) is 2.98. The van der Waals surface area contributed by atoms with E-state index in [0.717, 1.165) is 11.3 Å². The van der Waals surface area contributed by atoms with E-state index in [1.54, 1.807) is 6.07 Å². The van der Waals surface area contributed by atoms with Crippen molar-refractivity contribution < 1.29 is 4.52 Å². The quantitative estimate of drug-likeness (QED) is 0.721. The van der Waals surface area contributed by atoms with Crippen LogP contribution in [-0.4, -0.2) is 19.7 Å². The summed E-state index contributed by atoms with van der Waals surface area (Å²) in [6.45, 7) is 6.31. The first-order chi connectivity index (χ1) is 11.5. The Balaban J connectivity index is 1.75. The molecule has 0 aliphatic heterocycles. The molecular weight excluding hydrogens is 304 g/mol. The number of rotatable bonds is 5. The third-order valence-electron chi connectivity index (χ3n) is 3.92. The summed E-state index contributed by atoms with van der Waals surface area (Å²) >= 11 is 0. The van der Waals surface area contributed by atoms with Crippen LogP contribution in [0, 0.1) is 6.92 Å². The molecule has 124 valence electrons. The first kappa shape index (κ1) is 16.1. The minimum atomic E-state index is -0.112. The van der Waals surface area contributed by atoms with Crippen LogP contribution in [0.1, 0.15) is 48.3 Å². The summed E-state index contributed by atoms with van der Waals surface area (Å²) in [6, 6.07) is 9.63. The molecule has 0 aliphatic rings. The van der Waals surface area contributed by atoms with Gasteiger partial charge in [0.1, 0.15) is 0 Å². The van der Waals surface area contributed by atoms with E-state index in [1.165, 1.54) is 16.5 Å². The lowest BCUT2D eigenvalue weighted by Crippen LogP contribution is -2.22. The van der Waals surface area contributed by atoms with Gasteiger partial charge in [0, 0.05) is 6.07 Å². The molecule has 0 spiro atoms. The van der Waals surface area contributed by atoms with Gasteiger partial charge in [-0.15, -0.1) is 0 Å². The Kier molecular flexibility index (Phi) is 4.55. The zero-order valence-electron chi connectivity index (χ0n) is 14.1. The van der Waals surface area contributed by atoms with Gasteiger partial charge in [0.25, 0.3) is 5.56 Å². The summed E-state index contributed by atoms with van der Waals surface area (Å²) in [6.07, 6.45) is 2.12. The molecule has 0 amide bonds. The van der Waals surface area contributed by atoms with Crippen molar-refractivity contribution in [2.75, 3.05) is 0 Å². The molecule has 0 saturated carbocycles. The molecule has 2 heterocycles. The maximum atomic E-state index is 12.1. The molecule has 1 aromatic carbocycles. The monoisotopic (exact) mass is 324 g/mol. The number of aromatic nitrogens is 4. The maximum Gasteiger partial charge on any atom is 0.253 e. The van der Waals surface area contributed by atoms with E-state index in [2.05, 4.69) is 15.1 Å². The minimum absolute atomic E-state index is 0.112. The van der Waals surface area contributed by atoms with Gasteiger partial charge in [0.2, 0.25) is 5.89 Å². The highest BCUT2D eigenvalue weighted by molar-refractivity contribution is 5.27. The van der Waals surface area contributed by atoms with Gasteiger partial charge in [0.15, 0.2) is 5.82 Å². The van der Waals surface area contributed by atoms with Crippen LogP contribution >= 0.6 is 0 Å². The second kappa shape index (κ2) is 6.78. The van der Waals surface area contributed by atoms with E-state index in [-0.39, 0.29) is 18.0 Å². The smallest absolute Gasteiger partial charge is 0.253 e. The van der Waals surface area contributed by atoms with Crippen molar-refractivity contribution in [1.82, 2.24) is 19.7 Å².